The first kappa shape index (κ1) is 15.8. The van der Waals surface area contributed by atoms with Crippen molar-refractivity contribution < 1.29 is 4.43 Å². The Hall–Kier alpha value is -1.30. The Bertz CT molecular complexity index is 439. The van der Waals surface area contributed by atoms with E-state index in [9.17, 15) is 0 Å². The van der Waals surface area contributed by atoms with Crippen molar-refractivity contribution in [3.8, 4) is 11.8 Å². The average Bonchev–Trinajstić information content (AvgIpc) is 2.37. The van der Waals surface area contributed by atoms with Crippen LogP contribution in [0, 0.1) is 11.8 Å². The van der Waals surface area contributed by atoms with Gasteiger partial charge in [-0.3, -0.25) is 0 Å². The van der Waals surface area contributed by atoms with E-state index in [0.717, 1.165) is 18.9 Å². The molecule has 0 saturated heterocycles. The van der Waals surface area contributed by atoms with Crippen LogP contribution >= 0.6 is 0 Å². The smallest absolute Gasteiger partial charge is 0.192 e. The molecule has 1 aromatic carbocycles. The molecule has 0 amide bonds. The van der Waals surface area contributed by atoms with E-state index in [2.05, 4.69) is 55.8 Å². The molecule has 1 atom stereocenters. The Balaban J connectivity index is 2.57. The molecule has 0 fully saturated rings. The Morgan fingerprint density at radius 1 is 1.32 bits per heavy atom. The first-order valence-corrected chi connectivity index (χ1v) is 9.94. The van der Waals surface area contributed by atoms with E-state index in [1.54, 1.807) is 0 Å². The van der Waals surface area contributed by atoms with Gasteiger partial charge in [0.25, 0.3) is 0 Å². The van der Waals surface area contributed by atoms with Gasteiger partial charge in [0.1, 0.15) is 6.10 Å². The van der Waals surface area contributed by atoms with Crippen LogP contribution in [-0.4, -0.2) is 14.4 Å². The molecule has 0 saturated carbocycles. The molecule has 0 aliphatic heterocycles. The summed E-state index contributed by atoms with van der Waals surface area (Å²) in [6.45, 7) is 10.1. The van der Waals surface area contributed by atoms with Gasteiger partial charge in [-0.1, -0.05) is 42.3 Å². The van der Waals surface area contributed by atoms with Gasteiger partial charge in [-0.25, -0.2) is 0 Å². The van der Waals surface area contributed by atoms with Gasteiger partial charge in [0.15, 0.2) is 8.32 Å². The van der Waals surface area contributed by atoms with Crippen LogP contribution in [0.4, 0.5) is 0 Å². The van der Waals surface area contributed by atoms with E-state index in [1.165, 1.54) is 5.56 Å². The topological polar surface area (TPSA) is 9.23 Å². The van der Waals surface area contributed by atoms with E-state index in [1.807, 2.05) is 19.1 Å². The molecule has 102 valence electrons. The molecular weight excluding hydrogens is 248 g/mol. The van der Waals surface area contributed by atoms with E-state index in [-0.39, 0.29) is 6.10 Å². The molecule has 0 bridgehead atoms. The highest BCUT2D eigenvalue weighted by molar-refractivity contribution is 6.71. The van der Waals surface area contributed by atoms with Crippen molar-refractivity contribution in [3.05, 3.63) is 48.6 Å². The minimum atomic E-state index is -1.66. The number of hydrogen-bond donors (Lipinski definition) is 0. The van der Waals surface area contributed by atoms with Crippen molar-refractivity contribution in [2.75, 3.05) is 0 Å². The van der Waals surface area contributed by atoms with Crippen LogP contribution in [0.2, 0.25) is 19.1 Å². The molecule has 0 heterocycles. The number of rotatable bonds is 7. The Morgan fingerprint density at radius 2 is 2.00 bits per heavy atom. The monoisotopic (exact) mass is 272 g/mol. The summed E-state index contributed by atoms with van der Waals surface area (Å²) < 4.78 is 6.23. The lowest BCUT2D eigenvalue weighted by atomic mass is 10.1. The van der Waals surface area contributed by atoms with Gasteiger partial charge in [-0.05, 0) is 44.5 Å². The number of aryl methyl sites for hydroxylation is 1. The normalized spacial score (nSPS) is 12.4. The molecule has 0 aliphatic carbocycles. The minimum absolute atomic E-state index is 0.0480. The van der Waals surface area contributed by atoms with Gasteiger partial charge in [0.2, 0.25) is 0 Å². The Morgan fingerprint density at radius 3 is 2.58 bits per heavy atom. The zero-order valence-corrected chi connectivity index (χ0v) is 13.3. The molecule has 1 unspecified atom stereocenters. The molecule has 1 rings (SSSR count). The summed E-state index contributed by atoms with van der Waals surface area (Å²) in [7, 11) is -1.66. The van der Waals surface area contributed by atoms with Crippen molar-refractivity contribution in [2.24, 2.45) is 0 Å². The van der Waals surface area contributed by atoms with E-state index >= 15 is 0 Å². The summed E-state index contributed by atoms with van der Waals surface area (Å²) in [6.07, 6.45) is 3.98. The summed E-state index contributed by atoms with van der Waals surface area (Å²) in [5.74, 6) is 6.19. The fourth-order valence-corrected chi connectivity index (χ4v) is 3.78. The van der Waals surface area contributed by atoms with Gasteiger partial charge in [0, 0.05) is 0 Å². The molecule has 0 N–H and O–H groups in total. The third-order valence-electron chi connectivity index (χ3n) is 2.94. The van der Waals surface area contributed by atoms with Gasteiger partial charge < -0.3 is 4.43 Å². The molecule has 2 heteroatoms. The van der Waals surface area contributed by atoms with Crippen LogP contribution in [0.3, 0.4) is 0 Å². The molecular formula is C17H24OSi. The summed E-state index contributed by atoms with van der Waals surface area (Å²) in [5.41, 5.74) is 1.34. The van der Waals surface area contributed by atoms with Crippen molar-refractivity contribution in [1.82, 2.24) is 0 Å². The first-order valence-electron chi connectivity index (χ1n) is 6.82. The van der Waals surface area contributed by atoms with Crippen LogP contribution in [0.5, 0.6) is 0 Å². The van der Waals surface area contributed by atoms with E-state index in [4.69, 9.17) is 4.43 Å². The third-order valence-corrected chi connectivity index (χ3v) is 5.13. The van der Waals surface area contributed by atoms with Crippen molar-refractivity contribution in [3.63, 3.8) is 0 Å². The molecule has 0 spiro atoms. The number of benzene rings is 1. The highest BCUT2D eigenvalue weighted by Gasteiger charge is 2.24. The van der Waals surface area contributed by atoms with Crippen molar-refractivity contribution >= 4 is 8.32 Å². The molecule has 19 heavy (non-hydrogen) atoms. The van der Waals surface area contributed by atoms with Gasteiger partial charge >= 0.3 is 0 Å². The number of hydrogen-bond acceptors (Lipinski definition) is 1. The predicted molar refractivity (Wildman–Crippen MR) is 85.6 cm³/mol. The number of allylic oxidation sites excluding steroid dienone is 1. The van der Waals surface area contributed by atoms with Gasteiger partial charge in [0.05, 0.1) is 0 Å². The quantitative estimate of drug-likeness (QED) is 0.405. The lowest BCUT2D eigenvalue weighted by Gasteiger charge is -2.25. The maximum absolute atomic E-state index is 6.23. The third kappa shape index (κ3) is 6.42. The van der Waals surface area contributed by atoms with Gasteiger partial charge in [-0.2, -0.15) is 0 Å². The fraction of sp³-hybridized carbons (Fsp3) is 0.412. The zero-order chi connectivity index (χ0) is 14.1. The lowest BCUT2D eigenvalue weighted by molar-refractivity contribution is 0.239. The maximum Gasteiger partial charge on any atom is 0.192 e. The zero-order valence-electron chi connectivity index (χ0n) is 12.3. The van der Waals surface area contributed by atoms with Crippen molar-refractivity contribution in [2.45, 2.75) is 45.0 Å². The van der Waals surface area contributed by atoms with Crippen LogP contribution in [-0.2, 0) is 10.8 Å². The molecule has 0 radical (unpaired) electrons. The van der Waals surface area contributed by atoms with E-state index in [0.29, 0.717) is 0 Å². The molecule has 0 aliphatic rings. The Kier molecular flexibility index (Phi) is 6.62. The first-order chi connectivity index (χ1) is 9.07. The maximum atomic E-state index is 6.23. The van der Waals surface area contributed by atoms with Crippen LogP contribution in [0.1, 0.15) is 18.9 Å². The second kappa shape index (κ2) is 7.99. The van der Waals surface area contributed by atoms with Gasteiger partial charge in [-0.15, -0.1) is 12.5 Å². The molecule has 1 aromatic rings. The summed E-state index contributed by atoms with van der Waals surface area (Å²) in [4.78, 5) is 0. The molecule has 1 nitrogen and oxygen atoms in total. The highest BCUT2D eigenvalue weighted by Crippen LogP contribution is 2.17. The average molecular weight is 272 g/mol. The molecule has 0 aromatic heterocycles. The second-order valence-electron chi connectivity index (χ2n) is 5.28. The van der Waals surface area contributed by atoms with Crippen LogP contribution in [0.15, 0.2) is 43.0 Å². The highest BCUT2D eigenvalue weighted by atomic mass is 28.4. The Labute approximate surface area is 118 Å². The van der Waals surface area contributed by atoms with Crippen molar-refractivity contribution in [1.29, 1.82) is 0 Å². The summed E-state index contributed by atoms with van der Waals surface area (Å²) in [5, 5.41) is 0. The second-order valence-corrected chi connectivity index (χ2v) is 9.44. The largest absolute Gasteiger partial charge is 0.403 e. The van der Waals surface area contributed by atoms with Crippen LogP contribution < -0.4 is 0 Å². The standard InChI is InChI=1S/C17H24OSi/c1-5-10-17(18-19(3,4)15-6-2)14-13-16-11-8-7-9-12-16/h6-9,11-12,17H,2,13-15H2,1,3-4H3. The predicted octanol–water partition coefficient (Wildman–Crippen LogP) is 4.42. The SMILES string of the molecule is C=CC[Si](C)(C)OC(C#CC)CCc1ccccc1. The van der Waals surface area contributed by atoms with E-state index < -0.39 is 8.32 Å². The van der Waals surface area contributed by atoms with Crippen LogP contribution in [0.25, 0.3) is 0 Å². The lowest BCUT2D eigenvalue weighted by Crippen LogP contribution is -2.34. The fourth-order valence-electron chi connectivity index (χ4n) is 2.04. The summed E-state index contributed by atoms with van der Waals surface area (Å²) >= 11 is 0. The summed E-state index contributed by atoms with van der Waals surface area (Å²) in [6, 6.07) is 11.5. The minimum Gasteiger partial charge on any atom is -0.403 e.